The lowest BCUT2D eigenvalue weighted by molar-refractivity contribution is -0.132. The Balaban J connectivity index is 1.38. The largest absolute Gasteiger partial charge is 0.349 e. The molecular weight excluding hydrogens is 364 g/mol. The van der Waals surface area contributed by atoms with Gasteiger partial charge in [0.15, 0.2) is 0 Å². The molecule has 3 heterocycles. The van der Waals surface area contributed by atoms with E-state index in [0.717, 1.165) is 48.4 Å². The normalized spacial score (nSPS) is 20.2. The predicted molar refractivity (Wildman–Crippen MR) is 106 cm³/mol. The molecule has 6 heteroatoms. The molecule has 138 valence electrons. The van der Waals surface area contributed by atoms with Gasteiger partial charge >= 0.3 is 0 Å². The van der Waals surface area contributed by atoms with Crippen molar-refractivity contribution in [2.45, 2.75) is 57.0 Å². The Morgan fingerprint density at radius 1 is 1.15 bits per heavy atom. The fraction of sp³-hybridized carbons (Fsp3) is 0.500. The van der Waals surface area contributed by atoms with Crippen LogP contribution in [0.5, 0.6) is 0 Å². The minimum atomic E-state index is 0.0410. The smallest absolute Gasteiger partial charge is 0.261 e. The number of likely N-dealkylation sites (tertiary alicyclic amines) is 1. The van der Waals surface area contributed by atoms with Crippen molar-refractivity contribution in [3.63, 3.8) is 0 Å². The Labute approximate surface area is 162 Å². The van der Waals surface area contributed by atoms with Gasteiger partial charge in [-0.15, -0.1) is 11.3 Å². The highest BCUT2D eigenvalue weighted by molar-refractivity contribution is 7.14. The number of carbonyl (C=O) groups is 2. The minimum absolute atomic E-state index is 0.0410. The molecular formula is C20H24N2O2S2. The quantitative estimate of drug-likeness (QED) is 0.798. The molecule has 2 aromatic rings. The van der Waals surface area contributed by atoms with Crippen molar-refractivity contribution in [1.82, 2.24) is 10.2 Å². The van der Waals surface area contributed by atoms with Crippen LogP contribution >= 0.6 is 22.7 Å². The van der Waals surface area contributed by atoms with Gasteiger partial charge in [-0.25, -0.2) is 0 Å². The molecule has 1 aliphatic carbocycles. The first-order valence-corrected chi connectivity index (χ1v) is 11.2. The Bertz CT molecular complexity index is 765. The molecule has 2 amide bonds. The van der Waals surface area contributed by atoms with E-state index in [0.29, 0.717) is 12.5 Å². The number of hydrogen-bond donors (Lipinski definition) is 1. The molecule has 1 saturated carbocycles. The lowest BCUT2D eigenvalue weighted by atomic mass is 9.93. The fourth-order valence-corrected chi connectivity index (χ4v) is 5.42. The first-order valence-electron chi connectivity index (χ1n) is 9.42. The SMILES string of the molecule is O=C(NC1CCC1)c1ccc(C2CCCN2C(=O)CCc2ccsc2)s1. The highest BCUT2D eigenvalue weighted by Gasteiger charge is 2.31. The van der Waals surface area contributed by atoms with E-state index >= 15 is 0 Å². The van der Waals surface area contributed by atoms with Crippen molar-refractivity contribution in [1.29, 1.82) is 0 Å². The van der Waals surface area contributed by atoms with Gasteiger partial charge in [0.2, 0.25) is 5.91 Å². The van der Waals surface area contributed by atoms with E-state index < -0.39 is 0 Å². The molecule has 2 aromatic heterocycles. The molecule has 0 bridgehead atoms. The van der Waals surface area contributed by atoms with Crippen molar-refractivity contribution >= 4 is 34.5 Å². The summed E-state index contributed by atoms with van der Waals surface area (Å²) in [7, 11) is 0. The summed E-state index contributed by atoms with van der Waals surface area (Å²) in [6.45, 7) is 0.828. The Morgan fingerprint density at radius 2 is 2.04 bits per heavy atom. The third-order valence-corrected chi connectivity index (χ3v) is 7.32. The van der Waals surface area contributed by atoms with Crippen LogP contribution in [0.3, 0.4) is 0 Å². The standard InChI is InChI=1S/C20H24N2O2S2/c23-19(9-6-14-10-12-25-13-14)22-11-2-5-16(22)17-7-8-18(26-17)20(24)21-15-3-1-4-15/h7-8,10,12-13,15-16H,1-6,9,11H2,(H,21,24). The summed E-state index contributed by atoms with van der Waals surface area (Å²) in [5.41, 5.74) is 1.24. The lowest BCUT2D eigenvalue weighted by Gasteiger charge is -2.26. The number of hydrogen-bond acceptors (Lipinski definition) is 4. The van der Waals surface area contributed by atoms with Crippen LogP contribution in [0.2, 0.25) is 0 Å². The van der Waals surface area contributed by atoms with E-state index in [-0.39, 0.29) is 17.9 Å². The van der Waals surface area contributed by atoms with Gasteiger partial charge in [0.1, 0.15) is 0 Å². The fourth-order valence-electron chi connectivity index (χ4n) is 3.65. The number of nitrogens with one attached hydrogen (secondary N) is 1. The molecule has 1 saturated heterocycles. The number of rotatable bonds is 6. The minimum Gasteiger partial charge on any atom is -0.349 e. The molecule has 1 atom stereocenters. The van der Waals surface area contributed by atoms with Gasteiger partial charge < -0.3 is 10.2 Å². The number of nitrogens with zero attached hydrogens (tertiary/aromatic N) is 1. The van der Waals surface area contributed by atoms with Gasteiger partial charge in [-0.1, -0.05) is 0 Å². The predicted octanol–water partition coefficient (Wildman–Crippen LogP) is 4.39. The highest BCUT2D eigenvalue weighted by atomic mass is 32.1. The van der Waals surface area contributed by atoms with Gasteiger partial charge in [-0.05, 0) is 73.0 Å². The van der Waals surface area contributed by atoms with E-state index in [1.807, 2.05) is 17.0 Å². The van der Waals surface area contributed by atoms with Gasteiger partial charge in [0.25, 0.3) is 5.91 Å². The number of thiophene rings is 2. The molecule has 4 nitrogen and oxygen atoms in total. The second kappa shape index (κ2) is 7.92. The molecule has 0 spiro atoms. The van der Waals surface area contributed by atoms with Crippen LogP contribution in [0, 0.1) is 0 Å². The van der Waals surface area contributed by atoms with Crippen molar-refractivity contribution in [3.05, 3.63) is 44.3 Å². The van der Waals surface area contributed by atoms with Gasteiger partial charge in [-0.3, -0.25) is 9.59 Å². The molecule has 2 fully saturated rings. The van der Waals surface area contributed by atoms with Crippen molar-refractivity contribution in [3.8, 4) is 0 Å². The maximum atomic E-state index is 12.7. The number of aryl methyl sites for hydroxylation is 1. The molecule has 1 aliphatic heterocycles. The van der Waals surface area contributed by atoms with Crippen LogP contribution in [-0.2, 0) is 11.2 Å². The highest BCUT2D eigenvalue weighted by Crippen LogP contribution is 2.36. The van der Waals surface area contributed by atoms with Gasteiger partial charge in [0.05, 0.1) is 10.9 Å². The van der Waals surface area contributed by atoms with Crippen molar-refractivity contribution < 1.29 is 9.59 Å². The third-order valence-electron chi connectivity index (χ3n) is 5.40. The van der Waals surface area contributed by atoms with Crippen LogP contribution in [0.1, 0.15) is 64.7 Å². The van der Waals surface area contributed by atoms with E-state index in [4.69, 9.17) is 0 Å². The summed E-state index contributed by atoms with van der Waals surface area (Å²) in [6.07, 6.45) is 6.81. The van der Waals surface area contributed by atoms with Crippen LogP contribution in [-0.4, -0.2) is 29.3 Å². The van der Waals surface area contributed by atoms with Gasteiger partial charge in [0, 0.05) is 23.9 Å². The topological polar surface area (TPSA) is 49.4 Å². The zero-order valence-electron chi connectivity index (χ0n) is 14.8. The Morgan fingerprint density at radius 3 is 2.77 bits per heavy atom. The molecule has 2 aliphatic rings. The van der Waals surface area contributed by atoms with E-state index in [1.54, 1.807) is 22.7 Å². The summed E-state index contributed by atoms with van der Waals surface area (Å²) >= 11 is 3.22. The average molecular weight is 389 g/mol. The number of carbonyl (C=O) groups excluding carboxylic acids is 2. The molecule has 1 unspecified atom stereocenters. The van der Waals surface area contributed by atoms with Crippen LogP contribution in [0.4, 0.5) is 0 Å². The molecule has 0 aromatic carbocycles. The Hall–Kier alpha value is -1.66. The first-order chi connectivity index (χ1) is 12.7. The molecule has 4 rings (SSSR count). The van der Waals surface area contributed by atoms with Crippen molar-refractivity contribution in [2.75, 3.05) is 6.54 Å². The third kappa shape index (κ3) is 3.86. The monoisotopic (exact) mass is 388 g/mol. The zero-order chi connectivity index (χ0) is 17.9. The Kier molecular flexibility index (Phi) is 5.41. The van der Waals surface area contributed by atoms with Crippen LogP contribution in [0.15, 0.2) is 29.0 Å². The van der Waals surface area contributed by atoms with Crippen LogP contribution < -0.4 is 5.32 Å². The van der Waals surface area contributed by atoms with Crippen molar-refractivity contribution in [2.24, 2.45) is 0 Å². The lowest BCUT2D eigenvalue weighted by Crippen LogP contribution is -2.39. The maximum absolute atomic E-state index is 12.7. The second-order valence-electron chi connectivity index (χ2n) is 7.18. The molecule has 1 N–H and O–H groups in total. The maximum Gasteiger partial charge on any atom is 0.261 e. The summed E-state index contributed by atoms with van der Waals surface area (Å²) in [5, 5.41) is 7.27. The zero-order valence-corrected chi connectivity index (χ0v) is 16.4. The summed E-state index contributed by atoms with van der Waals surface area (Å²) in [5.74, 6) is 0.270. The second-order valence-corrected chi connectivity index (χ2v) is 9.08. The average Bonchev–Trinajstić information content (AvgIpc) is 3.35. The molecule has 0 radical (unpaired) electrons. The summed E-state index contributed by atoms with van der Waals surface area (Å²) in [4.78, 5) is 29.0. The summed E-state index contributed by atoms with van der Waals surface area (Å²) in [6, 6.07) is 6.54. The van der Waals surface area contributed by atoms with E-state index in [1.165, 1.54) is 12.0 Å². The molecule has 26 heavy (non-hydrogen) atoms. The van der Waals surface area contributed by atoms with Gasteiger partial charge in [-0.2, -0.15) is 11.3 Å². The van der Waals surface area contributed by atoms with E-state index in [9.17, 15) is 9.59 Å². The van der Waals surface area contributed by atoms with E-state index in [2.05, 4.69) is 22.1 Å². The number of amides is 2. The van der Waals surface area contributed by atoms with Crippen LogP contribution in [0.25, 0.3) is 0 Å². The summed E-state index contributed by atoms with van der Waals surface area (Å²) < 4.78 is 0. The first kappa shape index (κ1) is 17.7.